The number of fused-ring (bicyclic) bond motifs is 3. The first-order valence-electron chi connectivity index (χ1n) is 11.0. The summed E-state index contributed by atoms with van der Waals surface area (Å²) in [5.74, 6) is 1.18. The van der Waals surface area contributed by atoms with Crippen LogP contribution in [0.5, 0.6) is 0 Å². The van der Waals surface area contributed by atoms with Gasteiger partial charge >= 0.3 is 11.6 Å². The largest absolute Gasteiger partial charge is 0.364 e. The fraction of sp³-hybridized carbons (Fsp3) is 0.320. The average Bonchev–Trinajstić information content (AvgIpc) is 3.14. The van der Waals surface area contributed by atoms with Crippen LogP contribution in [-0.4, -0.2) is 20.7 Å². The maximum atomic E-state index is 13.6. The number of nitrogens with zero attached hydrogens (tertiary/aromatic N) is 4. The van der Waals surface area contributed by atoms with Gasteiger partial charge in [-0.1, -0.05) is 48.9 Å². The van der Waals surface area contributed by atoms with E-state index < -0.39 is 0 Å². The van der Waals surface area contributed by atoms with Crippen LogP contribution in [0, 0.1) is 19.8 Å². The number of aromatic nitrogens is 4. The molecule has 2 aromatic heterocycles. The maximum absolute atomic E-state index is 13.6. The fourth-order valence-corrected chi connectivity index (χ4v) is 4.73. The van der Waals surface area contributed by atoms with Crippen LogP contribution >= 0.6 is 0 Å². The van der Waals surface area contributed by atoms with E-state index >= 15 is 0 Å². The van der Waals surface area contributed by atoms with Crippen molar-refractivity contribution in [1.29, 1.82) is 0 Å². The third-order valence-corrected chi connectivity index (χ3v) is 6.26. The molecule has 0 fully saturated rings. The summed E-state index contributed by atoms with van der Waals surface area (Å²) in [6.45, 7) is 8.07. The van der Waals surface area contributed by atoms with Crippen molar-refractivity contribution in [3.63, 3.8) is 0 Å². The summed E-state index contributed by atoms with van der Waals surface area (Å²) in [7, 11) is 1.72. The zero-order valence-corrected chi connectivity index (χ0v) is 18.9. The number of aryl methyl sites for hydroxylation is 3. The van der Waals surface area contributed by atoms with Gasteiger partial charge in [0.15, 0.2) is 0 Å². The molecule has 3 heterocycles. The SMILES string of the molecule is Cc1cccc(Cn2c(=O)c3c([nH]c4[n+]3C[C@H](C)CN4c3cccc(C)c3)n(C)c2=O)c1. The first-order chi connectivity index (χ1) is 15.3. The molecule has 0 bridgehead atoms. The molecule has 0 aliphatic carbocycles. The van der Waals surface area contributed by atoms with Crippen LogP contribution in [0.25, 0.3) is 11.2 Å². The molecule has 5 rings (SSSR count). The molecule has 164 valence electrons. The van der Waals surface area contributed by atoms with E-state index in [1.54, 1.807) is 11.6 Å². The van der Waals surface area contributed by atoms with Crippen molar-refractivity contribution in [3.8, 4) is 0 Å². The Morgan fingerprint density at radius 3 is 2.50 bits per heavy atom. The van der Waals surface area contributed by atoms with Crippen molar-refractivity contribution >= 4 is 22.8 Å². The van der Waals surface area contributed by atoms with Crippen LogP contribution in [0.3, 0.4) is 0 Å². The average molecular weight is 431 g/mol. The summed E-state index contributed by atoms with van der Waals surface area (Å²) in [6.07, 6.45) is 0. The van der Waals surface area contributed by atoms with Crippen molar-refractivity contribution < 1.29 is 4.57 Å². The molecule has 0 unspecified atom stereocenters. The maximum Gasteiger partial charge on any atom is 0.364 e. The number of rotatable bonds is 3. The lowest BCUT2D eigenvalue weighted by Gasteiger charge is -2.26. The number of hydrogen-bond donors (Lipinski definition) is 1. The van der Waals surface area contributed by atoms with Crippen LogP contribution < -0.4 is 20.7 Å². The Morgan fingerprint density at radius 1 is 1.06 bits per heavy atom. The fourth-order valence-electron chi connectivity index (χ4n) is 4.73. The molecule has 32 heavy (non-hydrogen) atoms. The van der Waals surface area contributed by atoms with Gasteiger partial charge in [-0.15, -0.1) is 0 Å². The van der Waals surface area contributed by atoms with Gasteiger partial charge in [-0.3, -0.25) is 13.9 Å². The Kier molecular flexibility index (Phi) is 4.77. The molecular weight excluding hydrogens is 402 g/mol. The summed E-state index contributed by atoms with van der Waals surface area (Å²) >= 11 is 0. The standard InChI is InChI=1S/C25H27N5O2/c1-16-7-5-9-19(11-16)15-30-23(31)21-22(27(4)25(30)32)26-24-28(13-18(3)14-29(21)24)20-10-6-8-17(2)12-20/h5-12,18H,13-15H2,1-4H3/p+1/t18-/m1/s1. The molecule has 0 radical (unpaired) electrons. The zero-order valence-electron chi connectivity index (χ0n) is 18.9. The Morgan fingerprint density at radius 2 is 1.78 bits per heavy atom. The number of aromatic amines is 1. The molecule has 1 aliphatic heterocycles. The van der Waals surface area contributed by atoms with Gasteiger partial charge in [0.1, 0.15) is 5.69 Å². The van der Waals surface area contributed by atoms with Crippen LogP contribution in [-0.2, 0) is 20.1 Å². The van der Waals surface area contributed by atoms with E-state index in [2.05, 4.69) is 41.9 Å². The molecule has 4 aromatic rings. The minimum Gasteiger partial charge on any atom is -0.267 e. The first-order valence-corrected chi connectivity index (χ1v) is 11.0. The third-order valence-electron chi connectivity index (χ3n) is 6.26. The van der Waals surface area contributed by atoms with Crippen molar-refractivity contribution in [3.05, 3.63) is 86.1 Å². The minimum absolute atomic E-state index is 0.251. The Hall–Kier alpha value is -3.61. The van der Waals surface area contributed by atoms with Crippen LogP contribution in [0.1, 0.15) is 23.6 Å². The second-order valence-corrected chi connectivity index (χ2v) is 9.03. The molecule has 2 aromatic carbocycles. The number of nitrogens with one attached hydrogen (secondary N) is 1. The van der Waals surface area contributed by atoms with Gasteiger partial charge in [0.2, 0.25) is 11.2 Å². The van der Waals surface area contributed by atoms with Crippen LogP contribution in [0.4, 0.5) is 11.6 Å². The normalized spacial score (nSPS) is 15.9. The lowest BCUT2D eigenvalue weighted by atomic mass is 10.1. The van der Waals surface area contributed by atoms with Crippen LogP contribution in [0.15, 0.2) is 58.1 Å². The lowest BCUT2D eigenvalue weighted by molar-refractivity contribution is -0.669. The molecule has 0 saturated heterocycles. The second kappa shape index (κ2) is 7.51. The third kappa shape index (κ3) is 3.25. The molecular formula is C25H28N5O2+. The summed E-state index contributed by atoms with van der Waals surface area (Å²) in [5, 5.41) is 0. The number of hydrogen-bond acceptors (Lipinski definition) is 3. The molecule has 7 heteroatoms. The molecule has 1 aliphatic rings. The highest BCUT2D eigenvalue weighted by molar-refractivity contribution is 5.70. The lowest BCUT2D eigenvalue weighted by Crippen LogP contribution is -2.52. The Bertz CT molecular complexity index is 1460. The minimum atomic E-state index is -0.321. The van der Waals surface area contributed by atoms with E-state index in [1.165, 1.54) is 10.1 Å². The number of benzene rings is 2. The predicted octanol–water partition coefficient (Wildman–Crippen LogP) is 2.77. The molecule has 0 amide bonds. The van der Waals surface area contributed by atoms with Gasteiger partial charge in [-0.2, -0.15) is 0 Å². The highest BCUT2D eigenvalue weighted by Crippen LogP contribution is 2.28. The quantitative estimate of drug-likeness (QED) is 0.508. The highest BCUT2D eigenvalue weighted by atomic mass is 16.2. The number of imidazole rings is 1. The van der Waals surface area contributed by atoms with Crippen molar-refractivity contribution in [2.24, 2.45) is 13.0 Å². The van der Waals surface area contributed by atoms with Gasteiger partial charge in [0.05, 0.1) is 19.6 Å². The van der Waals surface area contributed by atoms with Gasteiger partial charge in [-0.25, -0.2) is 19.2 Å². The van der Waals surface area contributed by atoms with E-state index in [4.69, 9.17) is 0 Å². The van der Waals surface area contributed by atoms with E-state index in [0.29, 0.717) is 17.1 Å². The molecule has 7 nitrogen and oxygen atoms in total. The Balaban J connectivity index is 1.73. The van der Waals surface area contributed by atoms with E-state index in [9.17, 15) is 9.59 Å². The first kappa shape index (κ1) is 20.3. The summed E-state index contributed by atoms with van der Waals surface area (Å²) < 4.78 is 4.94. The Labute approximate surface area is 186 Å². The van der Waals surface area contributed by atoms with Gasteiger partial charge in [0.25, 0.3) is 5.56 Å². The number of anilines is 2. The zero-order chi connectivity index (χ0) is 22.6. The van der Waals surface area contributed by atoms with Gasteiger partial charge < -0.3 is 0 Å². The molecule has 0 spiro atoms. The molecule has 0 saturated carbocycles. The van der Waals surface area contributed by atoms with Crippen molar-refractivity contribution in [2.75, 3.05) is 11.4 Å². The monoisotopic (exact) mass is 430 g/mol. The predicted molar refractivity (Wildman–Crippen MR) is 126 cm³/mol. The summed E-state index contributed by atoms with van der Waals surface area (Å²) in [5.41, 5.74) is 4.81. The van der Waals surface area contributed by atoms with Crippen LogP contribution in [0.2, 0.25) is 0 Å². The van der Waals surface area contributed by atoms with E-state index in [-0.39, 0.29) is 17.8 Å². The van der Waals surface area contributed by atoms with Gasteiger partial charge in [0, 0.05) is 13.0 Å². The summed E-state index contributed by atoms with van der Waals surface area (Å²) in [6, 6.07) is 16.3. The smallest absolute Gasteiger partial charge is 0.267 e. The molecule has 1 N–H and O–H groups in total. The van der Waals surface area contributed by atoms with Crippen molar-refractivity contribution in [1.82, 2.24) is 14.1 Å². The second-order valence-electron chi connectivity index (χ2n) is 9.03. The van der Waals surface area contributed by atoms with Crippen molar-refractivity contribution in [2.45, 2.75) is 33.9 Å². The summed E-state index contributed by atoms with van der Waals surface area (Å²) in [4.78, 5) is 32.4. The van der Waals surface area contributed by atoms with Gasteiger partial charge in [-0.05, 0) is 37.1 Å². The molecule has 1 atom stereocenters. The van der Waals surface area contributed by atoms with E-state index in [0.717, 1.165) is 35.9 Å². The number of H-pyrrole nitrogens is 1. The topological polar surface area (TPSA) is 66.9 Å². The highest BCUT2D eigenvalue weighted by Gasteiger charge is 2.36. The van der Waals surface area contributed by atoms with E-state index in [1.807, 2.05) is 41.8 Å².